The lowest BCUT2D eigenvalue weighted by atomic mass is 10.1. The summed E-state index contributed by atoms with van der Waals surface area (Å²) in [4.78, 5) is 4.15. The van der Waals surface area contributed by atoms with Crippen LogP contribution in [-0.2, 0) is 6.54 Å². The van der Waals surface area contributed by atoms with Crippen LogP contribution in [0.5, 0.6) is 11.6 Å². The van der Waals surface area contributed by atoms with Gasteiger partial charge in [-0.15, -0.1) is 0 Å². The molecule has 0 atom stereocenters. The molecular formula is C15H18N2O2. The van der Waals surface area contributed by atoms with Gasteiger partial charge in [-0.25, -0.2) is 4.98 Å². The third kappa shape index (κ3) is 2.96. The first-order chi connectivity index (χ1) is 9.11. The fourth-order valence-electron chi connectivity index (χ4n) is 1.86. The van der Waals surface area contributed by atoms with E-state index in [1.165, 1.54) is 0 Å². The molecule has 0 aliphatic carbocycles. The van der Waals surface area contributed by atoms with Crippen molar-refractivity contribution in [3.63, 3.8) is 0 Å². The van der Waals surface area contributed by atoms with Crippen LogP contribution in [0.4, 0.5) is 5.69 Å². The molecule has 100 valence electrons. The molecule has 0 fully saturated rings. The zero-order valence-electron chi connectivity index (χ0n) is 11.4. The van der Waals surface area contributed by atoms with E-state index in [1.54, 1.807) is 13.3 Å². The third-order valence-corrected chi connectivity index (χ3v) is 3.12. The van der Waals surface area contributed by atoms with Gasteiger partial charge in [0.15, 0.2) is 0 Å². The fourth-order valence-corrected chi connectivity index (χ4v) is 1.86. The Hall–Kier alpha value is -2.23. The summed E-state index contributed by atoms with van der Waals surface area (Å²) in [5.41, 5.74) is 3.73. The van der Waals surface area contributed by atoms with Crippen molar-refractivity contribution in [2.45, 2.75) is 20.4 Å². The van der Waals surface area contributed by atoms with Crippen molar-refractivity contribution in [2.75, 3.05) is 12.4 Å². The second kappa shape index (κ2) is 5.61. The Kier molecular flexibility index (Phi) is 3.90. The molecule has 2 N–H and O–H groups in total. The standard InChI is InChI=1S/C15H18N2O2/c1-10-4-6-13(11(2)15(10)18)16-8-12-5-7-14(19-3)17-9-12/h4-7,9,16,18H,8H2,1-3H3. The minimum absolute atomic E-state index is 0.345. The first-order valence-electron chi connectivity index (χ1n) is 6.13. The third-order valence-electron chi connectivity index (χ3n) is 3.12. The number of rotatable bonds is 4. The number of aromatic hydroxyl groups is 1. The highest BCUT2D eigenvalue weighted by Gasteiger charge is 2.05. The number of aromatic nitrogens is 1. The molecular weight excluding hydrogens is 240 g/mol. The molecule has 4 heteroatoms. The molecule has 0 aliphatic heterocycles. The molecule has 2 aromatic rings. The van der Waals surface area contributed by atoms with Gasteiger partial charge in [-0.2, -0.15) is 0 Å². The van der Waals surface area contributed by atoms with Crippen LogP contribution in [-0.4, -0.2) is 17.2 Å². The molecule has 0 saturated carbocycles. The summed E-state index contributed by atoms with van der Waals surface area (Å²) in [6.45, 7) is 4.44. The monoisotopic (exact) mass is 258 g/mol. The van der Waals surface area contributed by atoms with E-state index < -0.39 is 0 Å². The van der Waals surface area contributed by atoms with Crippen molar-refractivity contribution >= 4 is 5.69 Å². The summed E-state index contributed by atoms with van der Waals surface area (Å²) in [6, 6.07) is 7.66. The number of aryl methyl sites for hydroxylation is 1. The van der Waals surface area contributed by atoms with Crippen LogP contribution in [0.2, 0.25) is 0 Å². The van der Waals surface area contributed by atoms with Gasteiger partial charge in [-0.3, -0.25) is 0 Å². The Morgan fingerprint density at radius 2 is 2.00 bits per heavy atom. The first kappa shape index (κ1) is 13.2. The Balaban J connectivity index is 2.08. The van der Waals surface area contributed by atoms with E-state index in [9.17, 15) is 5.11 Å². The van der Waals surface area contributed by atoms with Gasteiger partial charge in [0.1, 0.15) is 5.75 Å². The Bertz CT molecular complexity index is 565. The summed E-state index contributed by atoms with van der Waals surface area (Å²) in [5.74, 6) is 0.950. The largest absolute Gasteiger partial charge is 0.507 e. The zero-order chi connectivity index (χ0) is 13.8. The molecule has 19 heavy (non-hydrogen) atoms. The second-order valence-electron chi connectivity index (χ2n) is 4.47. The number of pyridine rings is 1. The highest BCUT2D eigenvalue weighted by atomic mass is 16.5. The van der Waals surface area contributed by atoms with E-state index in [-0.39, 0.29) is 0 Å². The summed E-state index contributed by atoms with van der Waals surface area (Å²) in [5, 5.41) is 13.2. The molecule has 4 nitrogen and oxygen atoms in total. The summed E-state index contributed by atoms with van der Waals surface area (Å²) in [7, 11) is 1.60. The lowest BCUT2D eigenvalue weighted by Gasteiger charge is -2.12. The second-order valence-corrected chi connectivity index (χ2v) is 4.47. The number of phenolic OH excluding ortho intramolecular Hbond substituents is 1. The number of hydrogen-bond donors (Lipinski definition) is 2. The van der Waals surface area contributed by atoms with Gasteiger partial charge in [0.2, 0.25) is 5.88 Å². The van der Waals surface area contributed by atoms with E-state index in [1.807, 2.05) is 38.1 Å². The lowest BCUT2D eigenvalue weighted by molar-refractivity contribution is 0.397. The maximum atomic E-state index is 9.88. The van der Waals surface area contributed by atoms with Crippen molar-refractivity contribution in [3.8, 4) is 11.6 Å². The van der Waals surface area contributed by atoms with Crippen LogP contribution in [0.1, 0.15) is 16.7 Å². The first-order valence-corrected chi connectivity index (χ1v) is 6.13. The van der Waals surface area contributed by atoms with Crippen molar-refractivity contribution in [3.05, 3.63) is 47.2 Å². The zero-order valence-corrected chi connectivity index (χ0v) is 11.4. The maximum Gasteiger partial charge on any atom is 0.212 e. The molecule has 0 aliphatic rings. The minimum Gasteiger partial charge on any atom is -0.507 e. The van der Waals surface area contributed by atoms with Crippen LogP contribution in [0.15, 0.2) is 30.5 Å². The van der Waals surface area contributed by atoms with E-state index in [0.717, 1.165) is 22.4 Å². The summed E-state index contributed by atoms with van der Waals surface area (Å²) < 4.78 is 5.02. The minimum atomic E-state index is 0.345. The number of ether oxygens (including phenoxy) is 1. The predicted molar refractivity (Wildman–Crippen MR) is 75.7 cm³/mol. The highest BCUT2D eigenvalue weighted by molar-refractivity contribution is 5.59. The van der Waals surface area contributed by atoms with Gasteiger partial charge in [0.25, 0.3) is 0 Å². The fraction of sp³-hybridized carbons (Fsp3) is 0.267. The van der Waals surface area contributed by atoms with E-state index in [4.69, 9.17) is 4.74 Å². The smallest absolute Gasteiger partial charge is 0.212 e. The van der Waals surface area contributed by atoms with Gasteiger partial charge < -0.3 is 15.2 Å². The van der Waals surface area contributed by atoms with Crippen molar-refractivity contribution in [1.29, 1.82) is 0 Å². The summed E-state index contributed by atoms with van der Waals surface area (Å²) >= 11 is 0. The molecule has 0 radical (unpaired) electrons. The van der Waals surface area contributed by atoms with Gasteiger partial charge in [-0.1, -0.05) is 12.1 Å². The Morgan fingerprint density at radius 1 is 1.21 bits per heavy atom. The molecule has 0 spiro atoms. The van der Waals surface area contributed by atoms with Crippen LogP contribution in [0.25, 0.3) is 0 Å². The molecule has 0 amide bonds. The highest BCUT2D eigenvalue weighted by Crippen LogP contribution is 2.28. The van der Waals surface area contributed by atoms with Gasteiger partial charge in [-0.05, 0) is 31.0 Å². The van der Waals surface area contributed by atoms with Crippen LogP contribution in [0, 0.1) is 13.8 Å². The number of nitrogens with zero attached hydrogens (tertiary/aromatic N) is 1. The van der Waals surface area contributed by atoms with E-state index in [0.29, 0.717) is 18.2 Å². The molecule has 2 rings (SSSR count). The molecule has 0 saturated heterocycles. The number of methoxy groups -OCH3 is 1. The maximum absolute atomic E-state index is 9.88. The molecule has 1 aromatic heterocycles. The van der Waals surface area contributed by atoms with Gasteiger partial charge >= 0.3 is 0 Å². The number of benzene rings is 1. The van der Waals surface area contributed by atoms with Crippen molar-refractivity contribution in [1.82, 2.24) is 4.98 Å². The number of nitrogens with one attached hydrogen (secondary N) is 1. The molecule has 1 aromatic carbocycles. The average molecular weight is 258 g/mol. The quantitative estimate of drug-likeness (QED) is 0.885. The predicted octanol–water partition coefficient (Wildman–Crippen LogP) is 3.02. The number of anilines is 1. The summed E-state index contributed by atoms with van der Waals surface area (Å²) in [6.07, 6.45) is 1.77. The molecule has 1 heterocycles. The Morgan fingerprint density at radius 3 is 2.63 bits per heavy atom. The van der Waals surface area contributed by atoms with E-state index >= 15 is 0 Å². The van der Waals surface area contributed by atoms with Crippen LogP contribution >= 0.6 is 0 Å². The molecule has 0 unspecified atom stereocenters. The SMILES string of the molecule is COc1ccc(CNc2ccc(C)c(O)c2C)cn1. The Labute approximate surface area is 113 Å². The topological polar surface area (TPSA) is 54.4 Å². The number of hydrogen-bond acceptors (Lipinski definition) is 4. The lowest BCUT2D eigenvalue weighted by Crippen LogP contribution is -2.02. The van der Waals surface area contributed by atoms with Gasteiger partial charge in [0.05, 0.1) is 7.11 Å². The van der Waals surface area contributed by atoms with Crippen molar-refractivity contribution in [2.24, 2.45) is 0 Å². The van der Waals surface area contributed by atoms with Gasteiger partial charge in [0, 0.05) is 30.1 Å². The average Bonchev–Trinajstić information content (AvgIpc) is 2.45. The number of phenols is 1. The van der Waals surface area contributed by atoms with Crippen LogP contribution < -0.4 is 10.1 Å². The normalized spacial score (nSPS) is 10.3. The van der Waals surface area contributed by atoms with E-state index in [2.05, 4.69) is 10.3 Å². The molecule has 0 bridgehead atoms. The van der Waals surface area contributed by atoms with Crippen molar-refractivity contribution < 1.29 is 9.84 Å². The van der Waals surface area contributed by atoms with Crippen LogP contribution in [0.3, 0.4) is 0 Å².